The van der Waals surface area contributed by atoms with Gasteiger partial charge in [0.1, 0.15) is 0 Å². The van der Waals surface area contributed by atoms with Crippen molar-refractivity contribution >= 4 is 23.6 Å². The van der Waals surface area contributed by atoms with Crippen molar-refractivity contribution in [3.05, 3.63) is 29.8 Å². The Morgan fingerprint density at radius 1 is 1.37 bits per heavy atom. The van der Waals surface area contributed by atoms with Gasteiger partial charge in [-0.05, 0) is 24.8 Å². The van der Waals surface area contributed by atoms with E-state index in [9.17, 15) is 9.59 Å². The summed E-state index contributed by atoms with van der Waals surface area (Å²) in [5, 5.41) is 0. The van der Waals surface area contributed by atoms with E-state index in [0.717, 1.165) is 4.90 Å². The predicted molar refractivity (Wildman–Crippen MR) is 74.2 cm³/mol. The Bertz CT molecular complexity index is 489. The van der Waals surface area contributed by atoms with Gasteiger partial charge in [0, 0.05) is 18.0 Å². The van der Waals surface area contributed by atoms with Gasteiger partial charge in [-0.25, -0.2) is 0 Å². The molecule has 0 spiro atoms. The number of nitrogens with zero attached hydrogens (tertiary/aromatic N) is 1. The average Bonchev–Trinajstić information content (AvgIpc) is 2.95. The van der Waals surface area contributed by atoms with Gasteiger partial charge in [-0.2, -0.15) is 0 Å². The van der Waals surface area contributed by atoms with Crippen LogP contribution in [0.3, 0.4) is 0 Å². The third kappa shape index (κ3) is 2.92. The Morgan fingerprint density at radius 3 is 2.79 bits per heavy atom. The average molecular weight is 279 g/mol. The summed E-state index contributed by atoms with van der Waals surface area (Å²) >= 11 is 1.56. The molecule has 5 heteroatoms. The summed E-state index contributed by atoms with van der Waals surface area (Å²) in [6.45, 7) is 1.07. The second kappa shape index (κ2) is 6.10. The minimum atomic E-state index is -0.228. The summed E-state index contributed by atoms with van der Waals surface area (Å²) in [7, 11) is 1.38. The molecule has 1 aliphatic rings. The lowest BCUT2D eigenvalue weighted by atomic mass is 10.1. The van der Waals surface area contributed by atoms with Crippen LogP contribution in [0.4, 0.5) is 0 Å². The number of rotatable bonds is 3. The zero-order chi connectivity index (χ0) is 13.8. The third-order valence-corrected chi connectivity index (χ3v) is 4.14. The number of carbonyl (C=O) groups is 2. The molecular weight excluding hydrogens is 262 g/mol. The Morgan fingerprint density at radius 2 is 2.11 bits per heavy atom. The summed E-state index contributed by atoms with van der Waals surface area (Å²) < 4.78 is 4.73. The fraction of sp³-hybridized carbons (Fsp3) is 0.429. The number of likely N-dealkylation sites (tertiary alicyclic amines) is 1. The first-order chi connectivity index (χ1) is 9.17. The highest BCUT2D eigenvalue weighted by Crippen LogP contribution is 2.25. The normalized spacial score (nSPS) is 18.4. The SMILES string of the molecule is COC(=O)C1CCN(C(=O)c2ccccc2SC)C1. The van der Waals surface area contributed by atoms with Crippen LogP contribution in [-0.4, -0.2) is 43.2 Å². The van der Waals surface area contributed by atoms with Crippen molar-refractivity contribution < 1.29 is 14.3 Å². The first kappa shape index (κ1) is 13.9. The molecule has 1 amide bonds. The Kier molecular flexibility index (Phi) is 4.47. The topological polar surface area (TPSA) is 46.6 Å². The molecule has 1 fully saturated rings. The maximum Gasteiger partial charge on any atom is 0.310 e. The molecule has 102 valence electrons. The van der Waals surface area contributed by atoms with Crippen molar-refractivity contribution in [2.24, 2.45) is 5.92 Å². The zero-order valence-corrected chi connectivity index (χ0v) is 11.9. The van der Waals surface area contributed by atoms with Gasteiger partial charge < -0.3 is 9.64 Å². The summed E-state index contributed by atoms with van der Waals surface area (Å²) in [6, 6.07) is 7.55. The highest BCUT2D eigenvalue weighted by molar-refractivity contribution is 7.98. The van der Waals surface area contributed by atoms with Crippen LogP contribution >= 0.6 is 11.8 Å². The third-order valence-electron chi connectivity index (χ3n) is 3.35. The minimum Gasteiger partial charge on any atom is -0.469 e. The van der Waals surface area contributed by atoms with Gasteiger partial charge in [0.25, 0.3) is 5.91 Å². The van der Waals surface area contributed by atoms with E-state index < -0.39 is 0 Å². The largest absolute Gasteiger partial charge is 0.469 e. The van der Waals surface area contributed by atoms with Gasteiger partial charge >= 0.3 is 5.97 Å². The Balaban J connectivity index is 2.11. The van der Waals surface area contributed by atoms with E-state index in [2.05, 4.69) is 0 Å². The van der Waals surface area contributed by atoms with E-state index in [0.29, 0.717) is 25.1 Å². The van der Waals surface area contributed by atoms with Crippen LogP contribution < -0.4 is 0 Å². The lowest BCUT2D eigenvalue weighted by molar-refractivity contribution is -0.144. The maximum absolute atomic E-state index is 12.4. The zero-order valence-electron chi connectivity index (χ0n) is 11.1. The van der Waals surface area contributed by atoms with E-state index in [-0.39, 0.29) is 17.8 Å². The molecule has 0 aromatic heterocycles. The Hall–Kier alpha value is -1.49. The molecule has 1 unspecified atom stereocenters. The molecule has 1 atom stereocenters. The molecule has 0 aliphatic carbocycles. The number of hydrogen-bond acceptors (Lipinski definition) is 4. The van der Waals surface area contributed by atoms with E-state index in [1.54, 1.807) is 16.7 Å². The van der Waals surface area contributed by atoms with Crippen LogP contribution in [0.1, 0.15) is 16.8 Å². The molecule has 0 N–H and O–H groups in total. The lowest BCUT2D eigenvalue weighted by Crippen LogP contribution is -2.30. The fourth-order valence-electron chi connectivity index (χ4n) is 2.30. The van der Waals surface area contributed by atoms with Crippen molar-refractivity contribution in [3.63, 3.8) is 0 Å². The van der Waals surface area contributed by atoms with Gasteiger partial charge in [-0.15, -0.1) is 11.8 Å². The number of esters is 1. The van der Waals surface area contributed by atoms with Crippen LogP contribution in [0, 0.1) is 5.92 Å². The van der Waals surface area contributed by atoms with Crippen molar-refractivity contribution in [2.75, 3.05) is 26.5 Å². The monoisotopic (exact) mass is 279 g/mol. The minimum absolute atomic E-state index is 0.00338. The van der Waals surface area contributed by atoms with Gasteiger partial charge in [0.05, 0.1) is 18.6 Å². The number of methoxy groups -OCH3 is 1. The molecule has 1 aromatic carbocycles. The molecule has 0 saturated carbocycles. The van der Waals surface area contributed by atoms with Crippen LogP contribution in [0.2, 0.25) is 0 Å². The quantitative estimate of drug-likeness (QED) is 0.627. The van der Waals surface area contributed by atoms with Crippen LogP contribution in [0.25, 0.3) is 0 Å². The number of carbonyl (C=O) groups excluding carboxylic acids is 2. The number of ether oxygens (including phenoxy) is 1. The Labute approximate surface area is 117 Å². The summed E-state index contributed by atoms with van der Waals surface area (Å²) in [4.78, 5) is 26.6. The molecule has 1 aliphatic heterocycles. The number of benzene rings is 1. The van der Waals surface area contributed by atoms with Crippen molar-refractivity contribution in [3.8, 4) is 0 Å². The van der Waals surface area contributed by atoms with Crippen molar-refractivity contribution in [2.45, 2.75) is 11.3 Å². The van der Waals surface area contributed by atoms with Crippen molar-refractivity contribution in [1.29, 1.82) is 0 Å². The van der Waals surface area contributed by atoms with E-state index in [1.165, 1.54) is 7.11 Å². The summed E-state index contributed by atoms with van der Waals surface area (Å²) in [6.07, 6.45) is 2.63. The molecule has 4 nitrogen and oxygen atoms in total. The lowest BCUT2D eigenvalue weighted by Gasteiger charge is -2.17. The number of hydrogen-bond donors (Lipinski definition) is 0. The summed E-state index contributed by atoms with van der Waals surface area (Å²) in [5.41, 5.74) is 0.709. The van der Waals surface area contributed by atoms with Crippen LogP contribution in [0.15, 0.2) is 29.2 Å². The smallest absolute Gasteiger partial charge is 0.310 e. The second-order valence-electron chi connectivity index (χ2n) is 4.46. The molecule has 1 aromatic rings. The molecule has 0 bridgehead atoms. The molecule has 1 saturated heterocycles. The van der Waals surface area contributed by atoms with E-state index in [4.69, 9.17) is 4.74 Å². The van der Waals surface area contributed by atoms with E-state index in [1.807, 2.05) is 30.5 Å². The molecule has 19 heavy (non-hydrogen) atoms. The molecular formula is C14H17NO3S. The second-order valence-corrected chi connectivity index (χ2v) is 5.31. The first-order valence-corrected chi connectivity index (χ1v) is 7.40. The van der Waals surface area contributed by atoms with Crippen LogP contribution in [-0.2, 0) is 9.53 Å². The van der Waals surface area contributed by atoms with Crippen LogP contribution in [0.5, 0.6) is 0 Å². The van der Waals surface area contributed by atoms with Crippen molar-refractivity contribution in [1.82, 2.24) is 4.90 Å². The van der Waals surface area contributed by atoms with Gasteiger partial charge in [-0.1, -0.05) is 12.1 Å². The number of thioether (sulfide) groups is 1. The molecule has 2 rings (SSSR count). The maximum atomic E-state index is 12.4. The summed E-state index contributed by atoms with van der Waals surface area (Å²) in [5.74, 6) is -0.416. The molecule has 1 heterocycles. The fourth-order valence-corrected chi connectivity index (χ4v) is 2.89. The van der Waals surface area contributed by atoms with Gasteiger partial charge in [0.15, 0.2) is 0 Å². The van der Waals surface area contributed by atoms with Gasteiger partial charge in [0.2, 0.25) is 0 Å². The number of amides is 1. The van der Waals surface area contributed by atoms with E-state index >= 15 is 0 Å². The highest BCUT2D eigenvalue weighted by atomic mass is 32.2. The van der Waals surface area contributed by atoms with Gasteiger partial charge in [-0.3, -0.25) is 9.59 Å². The molecule has 0 radical (unpaired) electrons. The standard InChI is InChI=1S/C14H17NO3S/c1-18-14(17)10-7-8-15(9-10)13(16)11-5-3-4-6-12(11)19-2/h3-6,10H,7-9H2,1-2H3. The highest BCUT2D eigenvalue weighted by Gasteiger charge is 2.32. The predicted octanol–water partition coefficient (Wildman–Crippen LogP) is 2.04. The first-order valence-electron chi connectivity index (χ1n) is 6.17.